The second-order valence-electron chi connectivity index (χ2n) is 5.64. The molecule has 0 heterocycles. The van der Waals surface area contributed by atoms with E-state index in [9.17, 15) is 10.1 Å². The van der Waals surface area contributed by atoms with Crippen molar-refractivity contribution in [3.05, 3.63) is 39.4 Å². The van der Waals surface area contributed by atoms with Crippen molar-refractivity contribution < 1.29 is 4.92 Å². The molecule has 0 spiro atoms. The zero-order valence-electron chi connectivity index (χ0n) is 11.4. The van der Waals surface area contributed by atoms with Crippen molar-refractivity contribution in [2.75, 3.05) is 6.54 Å². The van der Waals surface area contributed by atoms with Crippen molar-refractivity contribution in [3.8, 4) is 0 Å². The topological polar surface area (TPSA) is 69.2 Å². The van der Waals surface area contributed by atoms with Gasteiger partial charge in [0.2, 0.25) is 0 Å². The molecule has 4 nitrogen and oxygen atoms in total. The van der Waals surface area contributed by atoms with E-state index in [-0.39, 0.29) is 16.0 Å². The summed E-state index contributed by atoms with van der Waals surface area (Å²) in [5, 5.41) is 10.9. The highest BCUT2D eigenvalue weighted by Gasteiger charge is 2.18. The SMILES string of the molecule is CC(C)(C)c1cc(CCCCN)cc([N+](=O)[O-])c1. The van der Waals surface area contributed by atoms with Crippen LogP contribution in [0.3, 0.4) is 0 Å². The molecule has 100 valence electrons. The fourth-order valence-electron chi connectivity index (χ4n) is 1.83. The number of hydrogen-bond donors (Lipinski definition) is 1. The van der Waals surface area contributed by atoms with Crippen molar-refractivity contribution >= 4 is 5.69 Å². The van der Waals surface area contributed by atoms with Gasteiger partial charge in [-0.15, -0.1) is 0 Å². The van der Waals surface area contributed by atoms with Crippen LogP contribution >= 0.6 is 0 Å². The fraction of sp³-hybridized carbons (Fsp3) is 0.571. The van der Waals surface area contributed by atoms with Gasteiger partial charge in [-0.2, -0.15) is 0 Å². The predicted octanol–water partition coefficient (Wildman–Crippen LogP) is 3.17. The Kier molecular flexibility index (Phi) is 4.84. The van der Waals surface area contributed by atoms with Gasteiger partial charge >= 0.3 is 0 Å². The molecule has 2 N–H and O–H groups in total. The highest BCUT2D eigenvalue weighted by molar-refractivity contribution is 5.42. The van der Waals surface area contributed by atoms with E-state index in [1.165, 1.54) is 0 Å². The van der Waals surface area contributed by atoms with E-state index < -0.39 is 0 Å². The van der Waals surface area contributed by atoms with Crippen LogP contribution in [-0.2, 0) is 11.8 Å². The van der Waals surface area contributed by atoms with Gasteiger partial charge in [-0.25, -0.2) is 0 Å². The lowest BCUT2D eigenvalue weighted by Gasteiger charge is -2.19. The molecule has 0 radical (unpaired) electrons. The molecule has 0 amide bonds. The number of rotatable bonds is 5. The summed E-state index contributed by atoms with van der Waals surface area (Å²) in [5.74, 6) is 0. The Labute approximate surface area is 108 Å². The van der Waals surface area contributed by atoms with Gasteiger partial charge in [-0.1, -0.05) is 26.8 Å². The van der Waals surface area contributed by atoms with Crippen LogP contribution in [0, 0.1) is 10.1 Å². The number of nitro groups is 1. The molecule has 0 saturated carbocycles. The quantitative estimate of drug-likeness (QED) is 0.495. The van der Waals surface area contributed by atoms with E-state index in [4.69, 9.17) is 5.73 Å². The third-order valence-corrected chi connectivity index (χ3v) is 2.97. The smallest absolute Gasteiger partial charge is 0.269 e. The molecule has 0 atom stereocenters. The second kappa shape index (κ2) is 5.96. The number of nitro benzene ring substituents is 1. The average Bonchev–Trinajstić information content (AvgIpc) is 2.28. The minimum absolute atomic E-state index is 0.0748. The Balaban J connectivity index is 3.03. The molecule has 0 unspecified atom stereocenters. The molecular weight excluding hydrogens is 228 g/mol. The maximum absolute atomic E-state index is 10.9. The largest absolute Gasteiger partial charge is 0.330 e. The van der Waals surface area contributed by atoms with Crippen molar-refractivity contribution in [3.63, 3.8) is 0 Å². The molecule has 4 heteroatoms. The monoisotopic (exact) mass is 250 g/mol. The van der Waals surface area contributed by atoms with Crippen molar-refractivity contribution in [1.29, 1.82) is 0 Å². The Morgan fingerprint density at radius 2 is 1.89 bits per heavy atom. The first-order chi connectivity index (χ1) is 8.34. The number of non-ortho nitro benzene ring substituents is 1. The molecule has 0 aliphatic heterocycles. The first kappa shape index (κ1) is 14.6. The standard InChI is InChI=1S/C14H22N2O2/c1-14(2,3)12-8-11(6-4-5-7-15)9-13(10-12)16(17)18/h8-10H,4-7,15H2,1-3H3. The first-order valence-corrected chi connectivity index (χ1v) is 6.33. The number of hydrogen-bond acceptors (Lipinski definition) is 3. The Morgan fingerprint density at radius 3 is 2.39 bits per heavy atom. The minimum atomic E-state index is -0.318. The summed E-state index contributed by atoms with van der Waals surface area (Å²) >= 11 is 0. The van der Waals surface area contributed by atoms with Crippen LogP contribution in [0.4, 0.5) is 5.69 Å². The molecule has 18 heavy (non-hydrogen) atoms. The van der Waals surface area contributed by atoms with Gasteiger partial charge in [-0.3, -0.25) is 10.1 Å². The molecule has 1 aromatic rings. The minimum Gasteiger partial charge on any atom is -0.330 e. The molecule has 0 aliphatic carbocycles. The number of nitrogens with zero attached hydrogens (tertiary/aromatic N) is 1. The zero-order valence-corrected chi connectivity index (χ0v) is 11.4. The molecule has 0 saturated heterocycles. The lowest BCUT2D eigenvalue weighted by atomic mass is 9.85. The summed E-state index contributed by atoms with van der Waals surface area (Å²) in [4.78, 5) is 10.6. The van der Waals surface area contributed by atoms with Gasteiger partial charge in [0, 0.05) is 12.1 Å². The van der Waals surface area contributed by atoms with Crippen molar-refractivity contribution in [2.24, 2.45) is 5.73 Å². The first-order valence-electron chi connectivity index (χ1n) is 6.33. The van der Waals surface area contributed by atoms with Gasteiger partial charge in [0.05, 0.1) is 4.92 Å². The number of unbranched alkanes of at least 4 members (excludes halogenated alkanes) is 1. The Morgan fingerprint density at radius 1 is 1.22 bits per heavy atom. The van der Waals surface area contributed by atoms with Crippen LogP contribution in [-0.4, -0.2) is 11.5 Å². The van der Waals surface area contributed by atoms with E-state index in [0.29, 0.717) is 6.54 Å². The van der Waals surface area contributed by atoms with E-state index in [2.05, 4.69) is 26.8 Å². The van der Waals surface area contributed by atoms with Crippen LogP contribution in [0.1, 0.15) is 44.7 Å². The molecule has 1 rings (SSSR count). The number of aryl methyl sites for hydroxylation is 1. The molecule has 0 fully saturated rings. The summed E-state index contributed by atoms with van der Waals surface area (Å²) in [6.45, 7) is 6.86. The molecule has 0 bridgehead atoms. The molecule has 1 aromatic carbocycles. The van der Waals surface area contributed by atoms with Gasteiger partial charge in [0.1, 0.15) is 0 Å². The van der Waals surface area contributed by atoms with Crippen molar-refractivity contribution in [2.45, 2.75) is 45.4 Å². The van der Waals surface area contributed by atoms with E-state index in [0.717, 1.165) is 30.4 Å². The molecule has 0 aromatic heterocycles. The summed E-state index contributed by atoms with van der Waals surface area (Å²) in [7, 11) is 0. The highest BCUT2D eigenvalue weighted by Crippen LogP contribution is 2.28. The Bertz CT molecular complexity index is 422. The summed E-state index contributed by atoms with van der Waals surface area (Å²) in [6.07, 6.45) is 2.77. The predicted molar refractivity (Wildman–Crippen MR) is 73.8 cm³/mol. The third kappa shape index (κ3) is 4.11. The number of nitrogens with two attached hydrogens (primary N) is 1. The van der Waals surface area contributed by atoms with Gasteiger partial charge in [0.25, 0.3) is 5.69 Å². The Hall–Kier alpha value is -1.42. The number of benzene rings is 1. The van der Waals surface area contributed by atoms with E-state index >= 15 is 0 Å². The van der Waals surface area contributed by atoms with Gasteiger partial charge < -0.3 is 5.73 Å². The van der Waals surface area contributed by atoms with Gasteiger partial charge in [-0.05, 0) is 42.3 Å². The zero-order chi connectivity index (χ0) is 13.8. The second-order valence-corrected chi connectivity index (χ2v) is 5.64. The van der Waals surface area contributed by atoms with Gasteiger partial charge in [0.15, 0.2) is 0 Å². The maximum Gasteiger partial charge on any atom is 0.269 e. The molecular formula is C14H22N2O2. The lowest BCUT2D eigenvalue weighted by Crippen LogP contribution is -2.12. The van der Waals surface area contributed by atoms with Crippen LogP contribution in [0.15, 0.2) is 18.2 Å². The average molecular weight is 250 g/mol. The van der Waals surface area contributed by atoms with Crippen LogP contribution in [0.5, 0.6) is 0 Å². The van der Waals surface area contributed by atoms with Crippen LogP contribution in [0.25, 0.3) is 0 Å². The van der Waals surface area contributed by atoms with E-state index in [1.807, 2.05) is 0 Å². The maximum atomic E-state index is 10.9. The summed E-state index contributed by atoms with van der Waals surface area (Å²) < 4.78 is 0. The normalized spacial score (nSPS) is 11.6. The highest BCUT2D eigenvalue weighted by atomic mass is 16.6. The van der Waals surface area contributed by atoms with E-state index in [1.54, 1.807) is 12.1 Å². The summed E-state index contributed by atoms with van der Waals surface area (Å²) in [6, 6.07) is 5.42. The van der Waals surface area contributed by atoms with Crippen LogP contribution < -0.4 is 5.73 Å². The fourth-order valence-corrected chi connectivity index (χ4v) is 1.83. The van der Waals surface area contributed by atoms with Crippen LogP contribution in [0.2, 0.25) is 0 Å². The summed E-state index contributed by atoms with van der Waals surface area (Å²) in [5.41, 5.74) is 7.62. The van der Waals surface area contributed by atoms with Crippen molar-refractivity contribution in [1.82, 2.24) is 0 Å². The third-order valence-electron chi connectivity index (χ3n) is 2.97. The lowest BCUT2D eigenvalue weighted by molar-refractivity contribution is -0.385. The molecule has 0 aliphatic rings.